The number of ether oxygens (including phenoxy) is 1. The van der Waals surface area contributed by atoms with Crippen LogP contribution in [0.2, 0.25) is 0 Å². The highest BCUT2D eigenvalue weighted by atomic mass is 16.5. The van der Waals surface area contributed by atoms with Gasteiger partial charge >= 0.3 is 0 Å². The summed E-state index contributed by atoms with van der Waals surface area (Å²) in [6.07, 6.45) is 3.72. The molecule has 1 amide bonds. The van der Waals surface area contributed by atoms with Crippen LogP contribution in [0.25, 0.3) is 5.69 Å². The number of rotatable bonds is 6. The van der Waals surface area contributed by atoms with Crippen molar-refractivity contribution in [2.75, 3.05) is 13.2 Å². The number of nitrogens with one attached hydrogen (secondary N) is 1. The Balaban J connectivity index is 1.89. The Kier molecular flexibility index (Phi) is 5.53. The van der Waals surface area contributed by atoms with E-state index in [1.807, 2.05) is 11.6 Å². The smallest absolute Gasteiger partial charge is 0.255 e. The van der Waals surface area contributed by atoms with Gasteiger partial charge in [0.05, 0.1) is 28.7 Å². The molecule has 0 aliphatic carbocycles. The van der Waals surface area contributed by atoms with Crippen LogP contribution in [0.4, 0.5) is 0 Å². The van der Waals surface area contributed by atoms with Crippen molar-refractivity contribution in [2.45, 2.75) is 52.6 Å². The van der Waals surface area contributed by atoms with Gasteiger partial charge in [-0.2, -0.15) is 5.10 Å². The maximum absolute atomic E-state index is 12.8. The standard InChI is InChI=1S/C20H27N3O2/c1-4-17-19(20(24)21-13-16-7-6-12-25-16)18(5-2)23(22-17)15-10-8-14(3)9-11-15/h8-11,16H,4-7,12-13H2,1-3H3,(H,21,24). The van der Waals surface area contributed by atoms with Crippen molar-refractivity contribution >= 4 is 5.91 Å². The molecule has 1 N–H and O–H groups in total. The second kappa shape index (κ2) is 7.83. The van der Waals surface area contributed by atoms with Crippen LogP contribution in [0.1, 0.15) is 54.0 Å². The highest BCUT2D eigenvalue weighted by Gasteiger charge is 2.24. The third-order valence-corrected chi connectivity index (χ3v) is 4.74. The number of aryl methyl sites for hydroxylation is 2. The van der Waals surface area contributed by atoms with E-state index in [1.165, 1.54) is 5.56 Å². The van der Waals surface area contributed by atoms with Crippen molar-refractivity contribution in [3.8, 4) is 5.69 Å². The van der Waals surface area contributed by atoms with Crippen molar-refractivity contribution in [2.24, 2.45) is 0 Å². The molecule has 2 heterocycles. The van der Waals surface area contributed by atoms with Crippen LogP contribution in [-0.4, -0.2) is 34.9 Å². The number of nitrogens with zero attached hydrogens (tertiary/aromatic N) is 2. The van der Waals surface area contributed by atoms with Crippen molar-refractivity contribution in [1.29, 1.82) is 0 Å². The maximum Gasteiger partial charge on any atom is 0.255 e. The minimum Gasteiger partial charge on any atom is -0.376 e. The zero-order chi connectivity index (χ0) is 17.8. The molecule has 3 rings (SSSR count). The van der Waals surface area contributed by atoms with Gasteiger partial charge < -0.3 is 10.1 Å². The zero-order valence-electron chi connectivity index (χ0n) is 15.3. The molecule has 134 valence electrons. The van der Waals surface area contributed by atoms with E-state index in [1.54, 1.807) is 0 Å². The summed E-state index contributed by atoms with van der Waals surface area (Å²) in [5.41, 5.74) is 4.74. The summed E-state index contributed by atoms with van der Waals surface area (Å²) in [7, 11) is 0. The lowest BCUT2D eigenvalue weighted by molar-refractivity contribution is 0.0856. The molecule has 1 aromatic carbocycles. The molecule has 1 unspecified atom stereocenters. The largest absolute Gasteiger partial charge is 0.376 e. The summed E-state index contributed by atoms with van der Waals surface area (Å²) in [4.78, 5) is 12.8. The van der Waals surface area contributed by atoms with E-state index in [0.717, 1.165) is 54.9 Å². The summed E-state index contributed by atoms with van der Waals surface area (Å²) < 4.78 is 7.52. The molecule has 0 saturated carbocycles. The number of hydrogen-bond acceptors (Lipinski definition) is 3. The number of aromatic nitrogens is 2. The Bertz CT molecular complexity index is 728. The third-order valence-electron chi connectivity index (χ3n) is 4.74. The molecule has 1 aliphatic heterocycles. The van der Waals surface area contributed by atoms with Gasteiger partial charge in [0.25, 0.3) is 5.91 Å². The summed E-state index contributed by atoms with van der Waals surface area (Å²) in [6, 6.07) is 8.24. The maximum atomic E-state index is 12.8. The van der Waals surface area contributed by atoms with Gasteiger partial charge in [0, 0.05) is 13.2 Å². The first-order valence-corrected chi connectivity index (χ1v) is 9.21. The number of benzene rings is 1. The number of carbonyl (C=O) groups is 1. The second-order valence-electron chi connectivity index (χ2n) is 6.57. The summed E-state index contributed by atoms with van der Waals surface area (Å²) in [5, 5.41) is 7.77. The first-order valence-electron chi connectivity index (χ1n) is 9.21. The molecule has 0 radical (unpaired) electrons. The lowest BCUT2D eigenvalue weighted by atomic mass is 10.1. The number of amides is 1. The predicted molar refractivity (Wildman–Crippen MR) is 98.4 cm³/mol. The molecule has 25 heavy (non-hydrogen) atoms. The van der Waals surface area contributed by atoms with E-state index in [4.69, 9.17) is 9.84 Å². The molecule has 2 aromatic rings. The minimum absolute atomic E-state index is 0.0393. The average molecular weight is 341 g/mol. The van der Waals surface area contributed by atoms with Crippen molar-refractivity contribution in [3.05, 3.63) is 46.8 Å². The Morgan fingerprint density at radius 2 is 2.04 bits per heavy atom. The van der Waals surface area contributed by atoms with Crippen molar-refractivity contribution in [1.82, 2.24) is 15.1 Å². The Hall–Kier alpha value is -2.14. The molecule has 1 aliphatic rings. The summed E-state index contributed by atoms with van der Waals surface area (Å²) >= 11 is 0. The van der Waals surface area contributed by atoms with Crippen LogP contribution >= 0.6 is 0 Å². The molecule has 1 atom stereocenters. The fourth-order valence-corrected chi connectivity index (χ4v) is 3.34. The van der Waals surface area contributed by atoms with Gasteiger partial charge in [-0.1, -0.05) is 31.5 Å². The van der Waals surface area contributed by atoms with Crippen LogP contribution in [0.5, 0.6) is 0 Å². The minimum atomic E-state index is -0.0393. The van der Waals surface area contributed by atoms with Gasteiger partial charge in [0.1, 0.15) is 0 Å². The molecular formula is C20H27N3O2. The fraction of sp³-hybridized carbons (Fsp3) is 0.500. The molecule has 5 nitrogen and oxygen atoms in total. The van der Waals surface area contributed by atoms with E-state index in [9.17, 15) is 4.79 Å². The van der Waals surface area contributed by atoms with E-state index >= 15 is 0 Å². The lowest BCUT2D eigenvalue weighted by Crippen LogP contribution is -2.32. The number of carbonyl (C=O) groups excluding carboxylic acids is 1. The van der Waals surface area contributed by atoms with Gasteiger partial charge in [-0.15, -0.1) is 0 Å². The third kappa shape index (κ3) is 3.76. The van der Waals surface area contributed by atoms with Gasteiger partial charge in [-0.05, 0) is 44.7 Å². The van der Waals surface area contributed by atoms with E-state index in [-0.39, 0.29) is 12.0 Å². The molecule has 0 spiro atoms. The average Bonchev–Trinajstić information content (AvgIpc) is 3.27. The number of hydrogen-bond donors (Lipinski definition) is 1. The molecule has 5 heteroatoms. The van der Waals surface area contributed by atoms with Crippen LogP contribution in [-0.2, 0) is 17.6 Å². The first kappa shape index (κ1) is 17.7. The Morgan fingerprint density at radius 1 is 1.28 bits per heavy atom. The molecular weight excluding hydrogens is 314 g/mol. The van der Waals surface area contributed by atoms with E-state index < -0.39 is 0 Å². The first-order chi connectivity index (χ1) is 12.1. The Morgan fingerprint density at radius 3 is 2.64 bits per heavy atom. The molecule has 1 saturated heterocycles. The zero-order valence-corrected chi connectivity index (χ0v) is 15.3. The lowest BCUT2D eigenvalue weighted by Gasteiger charge is -2.12. The van der Waals surface area contributed by atoms with Gasteiger partial charge in [0.15, 0.2) is 0 Å². The highest BCUT2D eigenvalue weighted by molar-refractivity contribution is 5.96. The van der Waals surface area contributed by atoms with Crippen molar-refractivity contribution in [3.63, 3.8) is 0 Å². The monoisotopic (exact) mass is 341 g/mol. The van der Waals surface area contributed by atoms with E-state index in [0.29, 0.717) is 6.54 Å². The fourth-order valence-electron chi connectivity index (χ4n) is 3.34. The van der Waals surface area contributed by atoms with Gasteiger partial charge in [-0.25, -0.2) is 4.68 Å². The molecule has 1 fully saturated rings. The normalized spacial score (nSPS) is 17.0. The van der Waals surface area contributed by atoms with Crippen LogP contribution < -0.4 is 5.32 Å². The van der Waals surface area contributed by atoms with Crippen molar-refractivity contribution < 1.29 is 9.53 Å². The van der Waals surface area contributed by atoms with E-state index in [2.05, 4.69) is 43.4 Å². The highest BCUT2D eigenvalue weighted by Crippen LogP contribution is 2.21. The second-order valence-corrected chi connectivity index (χ2v) is 6.57. The quantitative estimate of drug-likeness (QED) is 0.878. The Labute approximate surface area is 149 Å². The molecule has 0 bridgehead atoms. The van der Waals surface area contributed by atoms with Gasteiger partial charge in [-0.3, -0.25) is 4.79 Å². The summed E-state index contributed by atoms with van der Waals surface area (Å²) in [6.45, 7) is 7.54. The SMILES string of the molecule is CCc1nn(-c2ccc(C)cc2)c(CC)c1C(=O)NCC1CCCO1. The van der Waals surface area contributed by atoms with Gasteiger partial charge in [0.2, 0.25) is 0 Å². The predicted octanol–water partition coefficient (Wildman–Crippen LogP) is 3.21. The van der Waals surface area contributed by atoms with Crippen LogP contribution in [0, 0.1) is 6.92 Å². The van der Waals surface area contributed by atoms with Crippen LogP contribution in [0.3, 0.4) is 0 Å². The summed E-state index contributed by atoms with van der Waals surface area (Å²) in [5.74, 6) is -0.0393. The topological polar surface area (TPSA) is 56.2 Å². The molecule has 1 aromatic heterocycles. The van der Waals surface area contributed by atoms with Crippen LogP contribution in [0.15, 0.2) is 24.3 Å².